The van der Waals surface area contributed by atoms with E-state index < -0.39 is 45.8 Å². The van der Waals surface area contributed by atoms with Crippen molar-refractivity contribution in [3.63, 3.8) is 0 Å². The van der Waals surface area contributed by atoms with E-state index in [0.717, 1.165) is 24.0 Å². The zero-order chi connectivity index (χ0) is 27.0. The minimum absolute atomic E-state index is 0.184. The number of fused-ring (bicyclic) bond motifs is 1. The summed E-state index contributed by atoms with van der Waals surface area (Å²) in [5.41, 5.74) is 1.10. The molecule has 196 valence electrons. The van der Waals surface area contributed by atoms with Crippen molar-refractivity contribution in [1.82, 2.24) is 4.72 Å². The molecule has 3 aromatic rings. The fourth-order valence-electron chi connectivity index (χ4n) is 4.64. The number of rotatable bonds is 5. The molecular formula is C26H26F3N3O4S. The van der Waals surface area contributed by atoms with Gasteiger partial charge in [0, 0.05) is 11.6 Å². The van der Waals surface area contributed by atoms with Crippen molar-refractivity contribution in [3.05, 3.63) is 89.5 Å². The molecule has 0 aromatic heterocycles. The number of carbonyl (C=O) groups is 1. The highest BCUT2D eigenvalue weighted by Gasteiger charge is 2.43. The predicted octanol–water partition coefficient (Wildman–Crippen LogP) is 5.73. The standard InChI is InChI=1S/C26H26F3N3O4S/c1-16-23(31-37(3,34)35)21-15-20(36-2)13-14-22(21)32(24(16)17-7-5-4-6-8-17)25(33)30-19-11-9-18(10-12-19)26(27,28)29/h4-16,23-24,31H,1-3H3,(H,30,33)/t16-,23-,24-/m0/s1. The second-order valence-electron chi connectivity index (χ2n) is 8.88. The normalized spacial score (nSPS) is 19.7. The number of hydrogen-bond donors (Lipinski definition) is 2. The van der Waals surface area contributed by atoms with Gasteiger partial charge in [0.25, 0.3) is 0 Å². The Morgan fingerprint density at radius 3 is 2.22 bits per heavy atom. The minimum atomic E-state index is -4.50. The first-order chi connectivity index (χ1) is 17.4. The molecule has 3 aromatic carbocycles. The number of methoxy groups -OCH3 is 1. The molecule has 4 rings (SSSR count). The summed E-state index contributed by atoms with van der Waals surface area (Å²) in [6.07, 6.45) is -3.43. The number of nitrogens with zero attached hydrogens (tertiary/aromatic N) is 1. The zero-order valence-corrected chi connectivity index (χ0v) is 21.1. The first kappa shape index (κ1) is 26.5. The summed E-state index contributed by atoms with van der Waals surface area (Å²) in [6.45, 7) is 1.83. The molecule has 37 heavy (non-hydrogen) atoms. The Labute approximate surface area is 213 Å². The van der Waals surface area contributed by atoms with Crippen LogP contribution in [0.5, 0.6) is 5.75 Å². The van der Waals surface area contributed by atoms with Crippen molar-refractivity contribution in [3.8, 4) is 5.75 Å². The quantitative estimate of drug-likeness (QED) is 0.438. The van der Waals surface area contributed by atoms with Gasteiger partial charge in [-0.25, -0.2) is 17.9 Å². The Morgan fingerprint density at radius 2 is 1.65 bits per heavy atom. The lowest BCUT2D eigenvalue weighted by atomic mass is 9.79. The molecule has 0 aliphatic carbocycles. The molecule has 0 unspecified atom stereocenters. The van der Waals surface area contributed by atoms with E-state index in [-0.39, 0.29) is 5.69 Å². The molecule has 7 nitrogen and oxygen atoms in total. The van der Waals surface area contributed by atoms with Crippen LogP contribution in [0.15, 0.2) is 72.8 Å². The van der Waals surface area contributed by atoms with E-state index in [4.69, 9.17) is 4.74 Å². The number of nitrogens with one attached hydrogen (secondary N) is 2. The number of sulfonamides is 1. The smallest absolute Gasteiger partial charge is 0.416 e. The molecule has 1 aliphatic rings. The largest absolute Gasteiger partial charge is 0.497 e. The molecule has 1 aliphatic heterocycles. The molecule has 1 heterocycles. The van der Waals surface area contributed by atoms with Gasteiger partial charge in [-0.15, -0.1) is 0 Å². The number of amides is 2. The molecule has 3 atom stereocenters. The second-order valence-corrected chi connectivity index (χ2v) is 10.7. The van der Waals surface area contributed by atoms with Crippen LogP contribution in [-0.4, -0.2) is 27.8 Å². The number of anilines is 2. The average molecular weight is 534 g/mol. The summed E-state index contributed by atoms with van der Waals surface area (Å²) in [4.78, 5) is 15.2. The lowest BCUT2D eigenvalue weighted by molar-refractivity contribution is -0.137. The van der Waals surface area contributed by atoms with Crippen LogP contribution in [0.4, 0.5) is 29.3 Å². The number of ether oxygens (including phenoxy) is 1. The summed E-state index contributed by atoms with van der Waals surface area (Å²) >= 11 is 0. The van der Waals surface area contributed by atoms with Crippen LogP contribution in [-0.2, 0) is 16.2 Å². The van der Waals surface area contributed by atoms with Crippen LogP contribution in [0, 0.1) is 5.92 Å². The van der Waals surface area contributed by atoms with Crippen molar-refractivity contribution in [2.75, 3.05) is 23.6 Å². The molecule has 0 radical (unpaired) electrons. The van der Waals surface area contributed by atoms with Gasteiger partial charge in [0.1, 0.15) is 5.75 Å². The van der Waals surface area contributed by atoms with E-state index in [1.165, 1.54) is 24.1 Å². The number of carbonyl (C=O) groups excluding carboxylic acids is 1. The summed E-state index contributed by atoms with van der Waals surface area (Å²) in [7, 11) is -2.15. The molecule has 11 heteroatoms. The summed E-state index contributed by atoms with van der Waals surface area (Å²) in [5.74, 6) is 0.0441. The second kappa shape index (κ2) is 10.1. The van der Waals surface area contributed by atoms with Crippen LogP contribution in [0.25, 0.3) is 0 Å². The van der Waals surface area contributed by atoms with Crippen molar-refractivity contribution < 1.29 is 31.1 Å². The van der Waals surface area contributed by atoms with Crippen LogP contribution < -0.4 is 19.7 Å². The Kier molecular flexibility index (Phi) is 7.20. The third kappa shape index (κ3) is 5.72. The van der Waals surface area contributed by atoms with Gasteiger partial charge in [-0.3, -0.25) is 4.90 Å². The highest BCUT2D eigenvalue weighted by atomic mass is 32.2. The van der Waals surface area contributed by atoms with Crippen LogP contribution >= 0.6 is 0 Å². The molecule has 0 fully saturated rings. The lowest BCUT2D eigenvalue weighted by Crippen LogP contribution is -2.49. The van der Waals surface area contributed by atoms with E-state index in [9.17, 15) is 26.4 Å². The van der Waals surface area contributed by atoms with Crippen molar-refractivity contribution in [2.45, 2.75) is 25.2 Å². The molecular weight excluding hydrogens is 507 g/mol. The SMILES string of the molecule is COc1ccc2c(c1)[C@@H](NS(C)(=O)=O)[C@H](C)[C@@H](c1ccccc1)N2C(=O)Nc1ccc(C(F)(F)F)cc1. The van der Waals surface area contributed by atoms with Crippen molar-refractivity contribution >= 4 is 27.4 Å². The van der Waals surface area contributed by atoms with Gasteiger partial charge in [0.2, 0.25) is 10.0 Å². The molecule has 0 bridgehead atoms. The number of halogens is 3. The third-order valence-electron chi connectivity index (χ3n) is 6.30. The fraction of sp³-hybridized carbons (Fsp3) is 0.269. The summed E-state index contributed by atoms with van der Waals surface area (Å²) in [6, 6.07) is 16.4. The molecule has 2 amide bonds. The van der Waals surface area contributed by atoms with E-state index in [2.05, 4.69) is 10.0 Å². The minimum Gasteiger partial charge on any atom is -0.497 e. The molecule has 0 saturated carbocycles. The highest BCUT2D eigenvalue weighted by Crippen LogP contribution is 2.49. The van der Waals surface area contributed by atoms with Gasteiger partial charge in [0.05, 0.1) is 36.7 Å². The van der Waals surface area contributed by atoms with Crippen molar-refractivity contribution in [2.24, 2.45) is 5.92 Å². The average Bonchev–Trinajstić information content (AvgIpc) is 2.84. The number of benzene rings is 3. The maximum absolute atomic E-state index is 13.7. The Hall–Kier alpha value is -3.57. The van der Waals surface area contributed by atoms with Crippen LogP contribution in [0.3, 0.4) is 0 Å². The topological polar surface area (TPSA) is 87.7 Å². The van der Waals surface area contributed by atoms with Gasteiger partial charge < -0.3 is 10.1 Å². The maximum atomic E-state index is 13.7. The molecule has 2 N–H and O–H groups in total. The van der Waals surface area contributed by atoms with E-state index >= 15 is 0 Å². The van der Waals surface area contributed by atoms with Gasteiger partial charge in [-0.1, -0.05) is 37.3 Å². The Balaban J connectivity index is 1.82. The predicted molar refractivity (Wildman–Crippen MR) is 135 cm³/mol. The van der Waals surface area contributed by atoms with Crippen LogP contribution in [0.1, 0.15) is 35.7 Å². The number of alkyl halides is 3. The maximum Gasteiger partial charge on any atom is 0.416 e. The van der Waals surface area contributed by atoms with Crippen molar-refractivity contribution in [1.29, 1.82) is 0 Å². The molecule has 0 saturated heterocycles. The zero-order valence-electron chi connectivity index (χ0n) is 20.3. The van der Waals surface area contributed by atoms with E-state index in [0.29, 0.717) is 17.0 Å². The lowest BCUT2D eigenvalue weighted by Gasteiger charge is -2.45. The van der Waals surface area contributed by atoms with Gasteiger partial charge in [-0.05, 0) is 53.6 Å². The summed E-state index contributed by atoms with van der Waals surface area (Å²) < 4.78 is 71.6. The first-order valence-corrected chi connectivity index (χ1v) is 13.3. The fourth-order valence-corrected chi connectivity index (χ4v) is 5.45. The van der Waals surface area contributed by atoms with Gasteiger partial charge in [0.15, 0.2) is 0 Å². The summed E-state index contributed by atoms with van der Waals surface area (Å²) in [5, 5.41) is 2.69. The third-order valence-corrected chi connectivity index (χ3v) is 6.98. The first-order valence-electron chi connectivity index (χ1n) is 11.4. The Morgan fingerprint density at radius 1 is 1.00 bits per heavy atom. The van der Waals surface area contributed by atoms with E-state index in [1.54, 1.807) is 18.2 Å². The van der Waals surface area contributed by atoms with Gasteiger partial charge in [-0.2, -0.15) is 13.2 Å². The number of hydrogen-bond acceptors (Lipinski definition) is 4. The highest BCUT2D eigenvalue weighted by molar-refractivity contribution is 7.88. The Bertz CT molecular complexity index is 1380. The monoisotopic (exact) mass is 533 g/mol. The molecule has 0 spiro atoms. The van der Waals surface area contributed by atoms with Crippen LogP contribution in [0.2, 0.25) is 0 Å². The van der Waals surface area contributed by atoms with Gasteiger partial charge >= 0.3 is 12.2 Å². The number of urea groups is 1. The van der Waals surface area contributed by atoms with E-state index in [1.807, 2.05) is 37.3 Å².